The molecule has 0 aromatic carbocycles. The Morgan fingerprint density at radius 1 is 1.33 bits per heavy atom. The Morgan fingerprint density at radius 3 is 2.77 bits per heavy atom. The summed E-state index contributed by atoms with van der Waals surface area (Å²) in [6.45, 7) is 9.85. The molecule has 2 aromatic heterocycles. The van der Waals surface area contributed by atoms with Crippen LogP contribution >= 0.6 is 0 Å². The van der Waals surface area contributed by atoms with E-state index in [1.807, 2.05) is 30.1 Å². The van der Waals surface area contributed by atoms with Crippen LogP contribution < -0.4 is 15.4 Å². The third-order valence-electron chi connectivity index (χ3n) is 5.71. The van der Waals surface area contributed by atoms with Crippen LogP contribution in [0.2, 0.25) is 0 Å². The molecule has 7 heteroatoms. The van der Waals surface area contributed by atoms with Gasteiger partial charge >= 0.3 is 0 Å². The van der Waals surface area contributed by atoms with Gasteiger partial charge in [-0.05, 0) is 77.0 Å². The van der Waals surface area contributed by atoms with Gasteiger partial charge in [-0.1, -0.05) is 0 Å². The highest BCUT2D eigenvalue weighted by Gasteiger charge is 2.17. The maximum Gasteiger partial charge on any atom is 0.213 e. The van der Waals surface area contributed by atoms with Crippen LogP contribution in [0.3, 0.4) is 0 Å². The zero-order valence-electron chi connectivity index (χ0n) is 19.0. The van der Waals surface area contributed by atoms with E-state index < -0.39 is 0 Å². The Kier molecular flexibility index (Phi) is 7.71. The van der Waals surface area contributed by atoms with Crippen molar-refractivity contribution in [2.45, 2.75) is 78.5 Å². The number of hydrogen-bond donors (Lipinski definition) is 2. The second-order valence-electron chi connectivity index (χ2n) is 8.24. The number of guanidine groups is 1. The van der Waals surface area contributed by atoms with Crippen LogP contribution in [-0.2, 0) is 20.0 Å². The van der Waals surface area contributed by atoms with E-state index in [1.165, 1.54) is 24.1 Å². The molecule has 2 N–H and O–H groups in total. The highest BCUT2D eigenvalue weighted by atomic mass is 16.5. The molecule has 1 aliphatic carbocycles. The number of nitrogens with zero attached hydrogens (tertiary/aromatic N) is 4. The van der Waals surface area contributed by atoms with E-state index in [-0.39, 0.29) is 6.04 Å². The number of ether oxygens (including phenoxy) is 1. The zero-order valence-corrected chi connectivity index (χ0v) is 19.0. The topological polar surface area (TPSA) is 76.4 Å². The molecule has 2 aromatic rings. The van der Waals surface area contributed by atoms with E-state index in [2.05, 4.69) is 48.4 Å². The summed E-state index contributed by atoms with van der Waals surface area (Å²) in [5.41, 5.74) is 4.71. The van der Waals surface area contributed by atoms with Crippen LogP contribution in [0, 0.1) is 13.8 Å². The van der Waals surface area contributed by atoms with Crippen molar-refractivity contribution < 1.29 is 4.74 Å². The molecule has 0 spiro atoms. The Morgan fingerprint density at radius 2 is 2.10 bits per heavy atom. The lowest BCUT2D eigenvalue weighted by Crippen LogP contribution is -2.43. The number of nitrogens with one attached hydrogen (secondary N) is 2. The molecule has 0 amide bonds. The molecule has 0 saturated heterocycles. The van der Waals surface area contributed by atoms with Crippen molar-refractivity contribution >= 4 is 5.96 Å². The fourth-order valence-corrected chi connectivity index (χ4v) is 3.98. The quantitative estimate of drug-likeness (QED) is 0.513. The minimum absolute atomic E-state index is 0.239. The third kappa shape index (κ3) is 5.97. The van der Waals surface area contributed by atoms with Gasteiger partial charge in [0.2, 0.25) is 5.88 Å². The van der Waals surface area contributed by atoms with Gasteiger partial charge in [-0.3, -0.25) is 4.68 Å². The van der Waals surface area contributed by atoms with Gasteiger partial charge in [-0.15, -0.1) is 0 Å². The summed E-state index contributed by atoms with van der Waals surface area (Å²) in [5, 5.41) is 11.4. The van der Waals surface area contributed by atoms with Gasteiger partial charge in [0.05, 0.1) is 12.2 Å². The molecule has 30 heavy (non-hydrogen) atoms. The number of aliphatic imine (C=N–C) groups is 1. The van der Waals surface area contributed by atoms with E-state index in [4.69, 9.17) is 9.73 Å². The van der Waals surface area contributed by atoms with Gasteiger partial charge < -0.3 is 15.4 Å². The molecular formula is C23H36N6O. The maximum absolute atomic E-state index is 6.03. The molecule has 3 rings (SSSR count). The number of hydrogen-bond acceptors (Lipinski definition) is 4. The molecular weight excluding hydrogens is 376 g/mol. The number of aryl methyl sites for hydroxylation is 2. The normalized spacial score (nSPS) is 16.0. The molecule has 0 bridgehead atoms. The van der Waals surface area contributed by atoms with Crippen molar-refractivity contribution in [2.75, 3.05) is 6.54 Å². The smallest absolute Gasteiger partial charge is 0.213 e. The van der Waals surface area contributed by atoms with Crippen LogP contribution in [-0.4, -0.2) is 39.4 Å². The van der Waals surface area contributed by atoms with Crippen LogP contribution in [0.1, 0.15) is 62.0 Å². The lowest BCUT2D eigenvalue weighted by atomic mass is 10.1. The van der Waals surface area contributed by atoms with Crippen molar-refractivity contribution in [1.82, 2.24) is 25.4 Å². The first-order valence-electron chi connectivity index (χ1n) is 11.1. The van der Waals surface area contributed by atoms with Gasteiger partial charge in [0, 0.05) is 37.6 Å². The Hall–Kier alpha value is -2.57. The summed E-state index contributed by atoms with van der Waals surface area (Å²) in [6, 6.07) is 4.25. The van der Waals surface area contributed by atoms with Crippen molar-refractivity contribution in [2.24, 2.45) is 12.0 Å². The van der Waals surface area contributed by atoms with Crippen molar-refractivity contribution in [3.63, 3.8) is 0 Å². The lowest BCUT2D eigenvalue weighted by molar-refractivity contribution is 0.201. The second kappa shape index (κ2) is 10.5. The van der Waals surface area contributed by atoms with Crippen LogP contribution in [0.4, 0.5) is 0 Å². The van der Waals surface area contributed by atoms with Gasteiger partial charge in [0.1, 0.15) is 6.10 Å². The van der Waals surface area contributed by atoms with Gasteiger partial charge in [-0.25, -0.2) is 9.98 Å². The van der Waals surface area contributed by atoms with Gasteiger partial charge in [0.15, 0.2) is 5.96 Å². The standard InChI is InChI=1S/C23H36N6O/c1-6-24-23(27-16(2)13-21-17(3)28-29(5)18(21)4)26-15-19-11-12-25-22(14-19)30-20-9-7-8-10-20/h11-12,14,16,20H,6-10,13,15H2,1-5H3,(H2,24,26,27). The summed E-state index contributed by atoms with van der Waals surface area (Å²) in [6.07, 6.45) is 7.80. The summed E-state index contributed by atoms with van der Waals surface area (Å²) >= 11 is 0. The van der Waals surface area contributed by atoms with E-state index in [1.54, 1.807) is 0 Å². The highest BCUT2D eigenvalue weighted by Crippen LogP contribution is 2.23. The Balaban J connectivity index is 1.61. The lowest BCUT2D eigenvalue weighted by Gasteiger charge is -2.18. The van der Waals surface area contributed by atoms with Gasteiger partial charge in [0.25, 0.3) is 0 Å². The van der Waals surface area contributed by atoms with E-state index in [9.17, 15) is 0 Å². The summed E-state index contributed by atoms with van der Waals surface area (Å²) in [7, 11) is 1.99. The third-order valence-corrected chi connectivity index (χ3v) is 5.71. The fourth-order valence-electron chi connectivity index (χ4n) is 3.98. The summed E-state index contributed by atoms with van der Waals surface area (Å²) in [4.78, 5) is 9.15. The molecule has 1 atom stereocenters. The first-order valence-corrected chi connectivity index (χ1v) is 11.1. The zero-order chi connectivity index (χ0) is 21.5. The molecule has 0 radical (unpaired) electrons. The van der Waals surface area contributed by atoms with Crippen LogP contribution in [0.5, 0.6) is 5.88 Å². The predicted molar refractivity (Wildman–Crippen MR) is 121 cm³/mol. The number of pyridine rings is 1. The molecule has 1 aliphatic rings. The Bertz CT molecular complexity index is 853. The Labute approximate surface area is 180 Å². The van der Waals surface area contributed by atoms with E-state index >= 15 is 0 Å². The minimum atomic E-state index is 0.239. The monoisotopic (exact) mass is 412 g/mol. The maximum atomic E-state index is 6.03. The average Bonchev–Trinajstić information content (AvgIpc) is 3.30. The summed E-state index contributed by atoms with van der Waals surface area (Å²) < 4.78 is 7.98. The first kappa shape index (κ1) is 22.1. The van der Waals surface area contributed by atoms with E-state index in [0.29, 0.717) is 18.5 Å². The SMILES string of the molecule is CCNC(=NCc1ccnc(OC2CCCC2)c1)NC(C)Cc1c(C)nn(C)c1C. The van der Waals surface area contributed by atoms with Gasteiger partial charge in [-0.2, -0.15) is 5.10 Å². The average molecular weight is 413 g/mol. The second-order valence-corrected chi connectivity index (χ2v) is 8.24. The number of aromatic nitrogens is 3. The van der Waals surface area contributed by atoms with Crippen molar-refractivity contribution in [3.05, 3.63) is 40.8 Å². The van der Waals surface area contributed by atoms with Crippen LogP contribution in [0.25, 0.3) is 0 Å². The molecule has 7 nitrogen and oxygen atoms in total. The largest absolute Gasteiger partial charge is 0.474 e. The van der Waals surface area contributed by atoms with Crippen LogP contribution in [0.15, 0.2) is 23.3 Å². The predicted octanol–water partition coefficient (Wildman–Crippen LogP) is 3.44. The molecule has 1 unspecified atom stereocenters. The first-order chi connectivity index (χ1) is 14.5. The van der Waals surface area contributed by atoms with Crippen molar-refractivity contribution in [1.29, 1.82) is 0 Å². The molecule has 1 saturated carbocycles. The molecule has 1 fully saturated rings. The molecule has 0 aliphatic heterocycles. The summed E-state index contributed by atoms with van der Waals surface area (Å²) in [5.74, 6) is 1.53. The number of rotatable bonds is 8. The minimum Gasteiger partial charge on any atom is -0.474 e. The molecule has 164 valence electrons. The highest BCUT2D eigenvalue weighted by molar-refractivity contribution is 5.80. The fraction of sp³-hybridized carbons (Fsp3) is 0.609. The molecule has 2 heterocycles. The van der Waals surface area contributed by atoms with Crippen molar-refractivity contribution in [3.8, 4) is 5.88 Å². The van der Waals surface area contributed by atoms with E-state index in [0.717, 1.165) is 43.0 Å².